The van der Waals surface area contributed by atoms with Crippen LogP contribution in [0.5, 0.6) is 0 Å². The maximum Gasteiger partial charge on any atom is 0.409 e. The Kier molecular flexibility index (Phi) is 4.95. The lowest BCUT2D eigenvalue weighted by Crippen LogP contribution is -2.40. The fraction of sp³-hybridized carbons (Fsp3) is 0.267. The first-order chi connectivity index (χ1) is 11.0. The first-order valence-corrected chi connectivity index (χ1v) is 8.21. The minimum absolute atomic E-state index is 0.196. The number of benzene rings is 1. The molecule has 0 aliphatic carbocycles. The van der Waals surface area contributed by atoms with Crippen LogP contribution in [0.2, 0.25) is 0 Å². The van der Waals surface area contributed by atoms with Gasteiger partial charge in [0.25, 0.3) is 10.0 Å². The predicted octanol–water partition coefficient (Wildman–Crippen LogP) is 3.45. The summed E-state index contributed by atoms with van der Waals surface area (Å²) in [6, 6.07) is 5.09. The Morgan fingerprint density at radius 1 is 1.08 bits per heavy atom. The van der Waals surface area contributed by atoms with E-state index in [1.165, 1.54) is 19.1 Å². The van der Waals surface area contributed by atoms with Crippen LogP contribution in [0.25, 0.3) is 0 Å². The lowest BCUT2D eigenvalue weighted by atomic mass is 10.1. The molecule has 0 aliphatic heterocycles. The number of rotatable bonds is 4. The topological polar surface area (TPSA) is 50.3 Å². The molecular weight excluding hydrogens is 348 g/mol. The van der Waals surface area contributed by atoms with E-state index in [9.17, 15) is 26.0 Å². The first-order valence-electron chi connectivity index (χ1n) is 6.77. The van der Waals surface area contributed by atoms with Crippen LogP contribution >= 0.6 is 0 Å². The number of hydrogen-bond donors (Lipinski definition) is 0. The molecule has 0 saturated carbocycles. The number of nitrogens with zero attached hydrogens (tertiary/aromatic N) is 2. The normalized spacial score (nSPS) is 14.0. The third-order valence-electron chi connectivity index (χ3n) is 3.37. The molecule has 0 fully saturated rings. The van der Waals surface area contributed by atoms with Crippen LogP contribution in [0.15, 0.2) is 47.5 Å². The first kappa shape index (κ1) is 18.3. The van der Waals surface area contributed by atoms with Crippen LogP contribution in [0, 0.1) is 12.7 Å². The van der Waals surface area contributed by atoms with Crippen molar-refractivity contribution in [3.63, 3.8) is 0 Å². The lowest BCUT2D eigenvalue weighted by molar-refractivity contribution is -0.171. The van der Waals surface area contributed by atoms with Crippen molar-refractivity contribution in [1.29, 1.82) is 0 Å². The molecule has 1 unspecified atom stereocenters. The van der Waals surface area contributed by atoms with E-state index in [2.05, 4.69) is 4.98 Å². The van der Waals surface area contributed by atoms with E-state index < -0.39 is 33.1 Å². The van der Waals surface area contributed by atoms with Crippen molar-refractivity contribution in [2.24, 2.45) is 0 Å². The van der Waals surface area contributed by atoms with E-state index >= 15 is 0 Å². The Bertz CT molecular complexity index is 820. The third-order valence-corrected chi connectivity index (χ3v) is 5.09. The average Bonchev–Trinajstić information content (AvgIpc) is 2.48. The number of sulfonamides is 1. The van der Waals surface area contributed by atoms with Crippen molar-refractivity contribution in [1.82, 2.24) is 9.29 Å². The lowest BCUT2D eigenvalue weighted by Gasteiger charge is -2.29. The zero-order valence-corrected chi connectivity index (χ0v) is 13.6. The molecule has 0 spiro atoms. The van der Waals surface area contributed by atoms with Gasteiger partial charge in [-0.05, 0) is 36.8 Å². The highest BCUT2D eigenvalue weighted by Crippen LogP contribution is 2.39. The molecule has 0 aliphatic rings. The SMILES string of the molecule is Cc1cccc(S(=O)(=O)N(C)C(c2ccc(F)cc2)C(F)(F)F)n1. The molecule has 130 valence electrons. The van der Waals surface area contributed by atoms with E-state index in [1.54, 1.807) is 0 Å². The zero-order valence-electron chi connectivity index (χ0n) is 12.7. The van der Waals surface area contributed by atoms with Gasteiger partial charge in [-0.25, -0.2) is 17.8 Å². The highest BCUT2D eigenvalue weighted by atomic mass is 32.2. The van der Waals surface area contributed by atoms with Gasteiger partial charge < -0.3 is 0 Å². The number of pyridine rings is 1. The summed E-state index contributed by atoms with van der Waals surface area (Å²) in [5.41, 5.74) is -0.0301. The van der Waals surface area contributed by atoms with Crippen molar-refractivity contribution in [3.8, 4) is 0 Å². The van der Waals surface area contributed by atoms with Gasteiger partial charge >= 0.3 is 6.18 Å². The molecule has 0 bridgehead atoms. The largest absolute Gasteiger partial charge is 0.409 e. The second kappa shape index (κ2) is 6.48. The molecule has 0 radical (unpaired) electrons. The summed E-state index contributed by atoms with van der Waals surface area (Å²) < 4.78 is 78.6. The monoisotopic (exact) mass is 362 g/mol. The highest BCUT2D eigenvalue weighted by Gasteiger charge is 2.47. The molecule has 4 nitrogen and oxygen atoms in total. The molecule has 0 N–H and O–H groups in total. The minimum atomic E-state index is -4.89. The van der Waals surface area contributed by atoms with E-state index in [-0.39, 0.29) is 9.87 Å². The fourth-order valence-electron chi connectivity index (χ4n) is 2.20. The molecule has 9 heteroatoms. The Balaban J connectivity index is 2.52. The van der Waals surface area contributed by atoms with Crippen molar-refractivity contribution in [2.45, 2.75) is 24.2 Å². The van der Waals surface area contributed by atoms with Crippen molar-refractivity contribution >= 4 is 10.0 Å². The molecule has 0 saturated heterocycles. The standard InChI is InChI=1S/C15H14F4N2O2S/c1-10-4-3-5-13(20-10)24(22,23)21(2)14(15(17,18)19)11-6-8-12(16)9-7-11/h3-9,14H,1-2H3. The predicted molar refractivity (Wildman–Crippen MR) is 79.1 cm³/mol. The number of aromatic nitrogens is 1. The Morgan fingerprint density at radius 2 is 1.67 bits per heavy atom. The van der Waals surface area contributed by atoms with Gasteiger partial charge in [-0.15, -0.1) is 0 Å². The van der Waals surface area contributed by atoms with Gasteiger partial charge in [0.1, 0.15) is 11.9 Å². The third kappa shape index (κ3) is 3.73. The van der Waals surface area contributed by atoms with Crippen molar-refractivity contribution in [2.75, 3.05) is 7.05 Å². The summed E-state index contributed by atoms with van der Waals surface area (Å²) in [6.07, 6.45) is -4.89. The summed E-state index contributed by atoms with van der Waals surface area (Å²) in [4.78, 5) is 3.78. The summed E-state index contributed by atoms with van der Waals surface area (Å²) in [6.45, 7) is 1.53. The number of halogens is 4. The van der Waals surface area contributed by atoms with Gasteiger partial charge in [0.15, 0.2) is 5.03 Å². The van der Waals surface area contributed by atoms with E-state index in [0.717, 1.165) is 37.4 Å². The summed E-state index contributed by atoms with van der Waals surface area (Å²) in [5, 5.41) is -0.485. The molecule has 1 heterocycles. The Morgan fingerprint density at radius 3 is 2.17 bits per heavy atom. The summed E-state index contributed by atoms with van der Waals surface area (Å²) in [5.74, 6) is -0.717. The minimum Gasteiger partial charge on any atom is -0.240 e. The van der Waals surface area contributed by atoms with Gasteiger partial charge in [0.05, 0.1) is 0 Å². The molecule has 1 aromatic heterocycles. The van der Waals surface area contributed by atoms with E-state index in [1.807, 2.05) is 0 Å². The fourth-order valence-corrected chi connectivity index (χ4v) is 3.52. The van der Waals surface area contributed by atoms with Crippen LogP contribution in [0.4, 0.5) is 17.6 Å². The average molecular weight is 362 g/mol. The second-order valence-electron chi connectivity index (χ2n) is 5.13. The number of hydrogen-bond acceptors (Lipinski definition) is 3. The van der Waals surface area contributed by atoms with Crippen LogP contribution in [0.1, 0.15) is 17.3 Å². The van der Waals surface area contributed by atoms with Crippen LogP contribution in [-0.4, -0.2) is 30.9 Å². The molecule has 0 amide bonds. The summed E-state index contributed by atoms with van der Waals surface area (Å²) in [7, 11) is -3.67. The zero-order chi connectivity index (χ0) is 18.1. The molecule has 2 aromatic rings. The van der Waals surface area contributed by atoms with Crippen molar-refractivity contribution in [3.05, 3.63) is 59.5 Å². The highest BCUT2D eigenvalue weighted by molar-refractivity contribution is 7.89. The second-order valence-corrected chi connectivity index (χ2v) is 7.08. The van der Waals surface area contributed by atoms with Gasteiger partial charge in [-0.2, -0.15) is 17.5 Å². The maximum atomic E-state index is 13.5. The summed E-state index contributed by atoms with van der Waals surface area (Å²) >= 11 is 0. The van der Waals surface area contributed by atoms with Crippen molar-refractivity contribution < 1.29 is 26.0 Å². The molecule has 2 rings (SSSR count). The van der Waals surface area contributed by atoms with Crippen LogP contribution in [0.3, 0.4) is 0 Å². The van der Waals surface area contributed by atoms with Crippen LogP contribution in [-0.2, 0) is 10.0 Å². The van der Waals surface area contributed by atoms with Gasteiger partial charge in [-0.3, -0.25) is 0 Å². The molecule has 1 aromatic carbocycles. The van der Waals surface area contributed by atoms with Gasteiger partial charge in [-0.1, -0.05) is 18.2 Å². The molecule has 1 atom stereocenters. The Hall–Kier alpha value is -2.00. The molecular formula is C15H14F4N2O2S. The maximum absolute atomic E-state index is 13.5. The van der Waals surface area contributed by atoms with E-state index in [0.29, 0.717) is 5.69 Å². The quantitative estimate of drug-likeness (QED) is 0.783. The number of aryl methyl sites for hydroxylation is 1. The Labute approximate surface area is 136 Å². The molecule has 24 heavy (non-hydrogen) atoms. The smallest absolute Gasteiger partial charge is 0.240 e. The van der Waals surface area contributed by atoms with Gasteiger partial charge in [0, 0.05) is 12.7 Å². The number of alkyl halides is 3. The van der Waals surface area contributed by atoms with E-state index in [4.69, 9.17) is 0 Å². The van der Waals surface area contributed by atoms with Crippen LogP contribution < -0.4 is 0 Å². The van der Waals surface area contributed by atoms with Gasteiger partial charge in [0.2, 0.25) is 0 Å².